The Labute approximate surface area is 117 Å². The Bertz CT molecular complexity index is 532. The molecule has 1 fully saturated rings. The van der Waals surface area contributed by atoms with E-state index in [9.17, 15) is 0 Å². The van der Waals surface area contributed by atoms with Crippen LogP contribution in [0.25, 0.3) is 11.4 Å². The van der Waals surface area contributed by atoms with Crippen LogP contribution < -0.4 is 5.32 Å². The molecule has 1 aromatic heterocycles. The molecule has 0 spiro atoms. The van der Waals surface area contributed by atoms with Crippen LogP contribution in [-0.4, -0.2) is 29.0 Å². The number of rotatable bonds is 4. The fraction of sp³-hybridized carbons (Fsp3) is 0.429. The smallest absolute Gasteiger partial charge is 0.231 e. The van der Waals surface area contributed by atoms with Crippen molar-refractivity contribution in [3.05, 3.63) is 30.2 Å². The summed E-state index contributed by atoms with van der Waals surface area (Å²) in [6.07, 6.45) is 1.08. The van der Waals surface area contributed by atoms with E-state index < -0.39 is 0 Å². The lowest BCUT2D eigenvalue weighted by atomic mass is 10.1. The van der Waals surface area contributed by atoms with Gasteiger partial charge >= 0.3 is 0 Å². The van der Waals surface area contributed by atoms with Gasteiger partial charge in [-0.1, -0.05) is 12.1 Å². The molecule has 2 heterocycles. The fourth-order valence-corrected chi connectivity index (χ4v) is 2.91. The third kappa shape index (κ3) is 2.82. The molecule has 0 aliphatic carbocycles. The molecule has 1 atom stereocenters. The highest BCUT2D eigenvalue weighted by Gasteiger charge is 2.22. The van der Waals surface area contributed by atoms with E-state index in [2.05, 4.69) is 46.6 Å². The van der Waals surface area contributed by atoms with E-state index in [0.29, 0.717) is 11.7 Å². The molecule has 1 unspecified atom stereocenters. The van der Waals surface area contributed by atoms with Crippen LogP contribution in [0.1, 0.15) is 25.2 Å². The lowest BCUT2D eigenvalue weighted by Gasteiger charge is -2.00. The minimum atomic E-state index is 0.371. The van der Waals surface area contributed by atoms with E-state index in [1.165, 1.54) is 4.90 Å². The molecule has 1 aromatic carbocycles. The zero-order valence-electron chi connectivity index (χ0n) is 10.9. The van der Waals surface area contributed by atoms with Crippen LogP contribution in [0, 0.1) is 0 Å². The Balaban J connectivity index is 1.77. The minimum absolute atomic E-state index is 0.371. The summed E-state index contributed by atoms with van der Waals surface area (Å²) >= 11 is 1.83. The van der Waals surface area contributed by atoms with Crippen LogP contribution in [0.15, 0.2) is 33.7 Å². The summed E-state index contributed by atoms with van der Waals surface area (Å²) in [4.78, 5) is 5.79. The van der Waals surface area contributed by atoms with Gasteiger partial charge < -0.3 is 9.84 Å². The first-order valence-electron chi connectivity index (χ1n) is 6.64. The quantitative estimate of drug-likeness (QED) is 0.869. The van der Waals surface area contributed by atoms with Gasteiger partial charge in [-0.3, -0.25) is 0 Å². The Kier molecular flexibility index (Phi) is 3.84. The molecule has 1 saturated heterocycles. The van der Waals surface area contributed by atoms with Gasteiger partial charge in [-0.05, 0) is 43.0 Å². The van der Waals surface area contributed by atoms with E-state index in [4.69, 9.17) is 4.52 Å². The molecule has 19 heavy (non-hydrogen) atoms. The Morgan fingerprint density at radius 2 is 2.21 bits per heavy atom. The number of nitrogens with zero attached hydrogens (tertiary/aromatic N) is 2. The second kappa shape index (κ2) is 5.75. The number of hydrogen-bond acceptors (Lipinski definition) is 5. The molecule has 1 N–H and O–H groups in total. The summed E-state index contributed by atoms with van der Waals surface area (Å²) in [6, 6.07) is 8.33. The van der Waals surface area contributed by atoms with Crippen molar-refractivity contribution in [1.29, 1.82) is 0 Å². The highest BCUT2D eigenvalue weighted by atomic mass is 32.2. The van der Waals surface area contributed by atoms with Crippen LogP contribution >= 0.6 is 11.8 Å². The zero-order valence-corrected chi connectivity index (χ0v) is 11.7. The molecule has 5 heteroatoms. The van der Waals surface area contributed by atoms with E-state index in [0.717, 1.165) is 36.7 Å². The van der Waals surface area contributed by atoms with Gasteiger partial charge in [-0.2, -0.15) is 4.98 Å². The summed E-state index contributed by atoms with van der Waals surface area (Å²) in [6.45, 7) is 4.12. The Hall–Kier alpha value is -1.33. The van der Waals surface area contributed by atoms with Gasteiger partial charge in [-0.25, -0.2) is 0 Å². The Morgan fingerprint density at radius 1 is 1.37 bits per heavy atom. The molecule has 0 amide bonds. The van der Waals surface area contributed by atoms with Crippen LogP contribution in [-0.2, 0) is 0 Å². The maximum Gasteiger partial charge on any atom is 0.231 e. The predicted molar refractivity (Wildman–Crippen MR) is 76.4 cm³/mol. The molecule has 100 valence electrons. The maximum atomic E-state index is 5.37. The average molecular weight is 275 g/mol. The standard InChI is InChI=1S/C14H17N3OS/c1-2-19-12-5-3-10(4-6-12)13-16-14(18-17-13)11-7-8-15-9-11/h3-6,11,15H,2,7-9H2,1H3. The van der Waals surface area contributed by atoms with Crippen LogP contribution in [0.2, 0.25) is 0 Å². The van der Waals surface area contributed by atoms with Crippen molar-refractivity contribution in [3.8, 4) is 11.4 Å². The third-order valence-corrected chi connectivity index (χ3v) is 4.17. The van der Waals surface area contributed by atoms with Crippen LogP contribution in [0.4, 0.5) is 0 Å². The lowest BCUT2D eigenvalue weighted by molar-refractivity contribution is 0.359. The van der Waals surface area contributed by atoms with Gasteiger partial charge in [0.05, 0.1) is 5.92 Å². The Morgan fingerprint density at radius 3 is 2.89 bits per heavy atom. The zero-order chi connectivity index (χ0) is 13.1. The molecule has 3 rings (SSSR count). The first kappa shape index (κ1) is 12.7. The van der Waals surface area contributed by atoms with Crippen molar-refractivity contribution >= 4 is 11.8 Å². The second-order valence-electron chi connectivity index (χ2n) is 4.60. The highest BCUT2D eigenvalue weighted by molar-refractivity contribution is 7.99. The SMILES string of the molecule is CCSc1ccc(-c2noc(C3CCNC3)n2)cc1. The van der Waals surface area contributed by atoms with Crippen molar-refractivity contribution in [3.63, 3.8) is 0 Å². The van der Waals surface area contributed by atoms with Gasteiger partial charge in [0.25, 0.3) is 0 Å². The number of benzene rings is 1. The van der Waals surface area contributed by atoms with Gasteiger partial charge in [0.1, 0.15) is 0 Å². The topological polar surface area (TPSA) is 51.0 Å². The van der Waals surface area contributed by atoms with Gasteiger partial charge in [0, 0.05) is 17.0 Å². The van der Waals surface area contributed by atoms with Gasteiger partial charge in [0.15, 0.2) is 0 Å². The van der Waals surface area contributed by atoms with E-state index in [-0.39, 0.29) is 0 Å². The second-order valence-corrected chi connectivity index (χ2v) is 5.94. The van der Waals surface area contributed by atoms with Crippen molar-refractivity contribution in [2.75, 3.05) is 18.8 Å². The number of aromatic nitrogens is 2. The summed E-state index contributed by atoms with van der Waals surface area (Å²) < 4.78 is 5.37. The third-order valence-electron chi connectivity index (χ3n) is 3.27. The molecule has 2 aromatic rings. The summed E-state index contributed by atoms with van der Waals surface area (Å²) in [5.41, 5.74) is 1.02. The number of thioether (sulfide) groups is 1. The normalized spacial score (nSPS) is 18.9. The first-order valence-corrected chi connectivity index (χ1v) is 7.63. The summed E-state index contributed by atoms with van der Waals surface area (Å²) in [5.74, 6) is 2.90. The predicted octanol–water partition coefficient (Wildman–Crippen LogP) is 2.93. The average Bonchev–Trinajstić information content (AvgIpc) is 3.11. The molecule has 1 aliphatic heterocycles. The van der Waals surface area contributed by atoms with Crippen molar-refractivity contribution in [2.24, 2.45) is 0 Å². The highest BCUT2D eigenvalue weighted by Crippen LogP contribution is 2.25. The van der Waals surface area contributed by atoms with Crippen LogP contribution in [0.3, 0.4) is 0 Å². The molecule has 0 bridgehead atoms. The van der Waals surface area contributed by atoms with E-state index in [1.54, 1.807) is 0 Å². The molecule has 0 saturated carbocycles. The van der Waals surface area contributed by atoms with E-state index in [1.807, 2.05) is 11.8 Å². The molecule has 4 nitrogen and oxygen atoms in total. The minimum Gasteiger partial charge on any atom is -0.339 e. The monoisotopic (exact) mass is 275 g/mol. The molecular formula is C14H17N3OS. The lowest BCUT2D eigenvalue weighted by Crippen LogP contribution is -2.08. The largest absolute Gasteiger partial charge is 0.339 e. The van der Waals surface area contributed by atoms with Crippen molar-refractivity contribution in [2.45, 2.75) is 24.2 Å². The molecule has 0 radical (unpaired) electrons. The molecule has 1 aliphatic rings. The first-order chi connectivity index (χ1) is 9.36. The van der Waals surface area contributed by atoms with Gasteiger partial charge in [0.2, 0.25) is 11.7 Å². The summed E-state index contributed by atoms with van der Waals surface area (Å²) in [7, 11) is 0. The van der Waals surface area contributed by atoms with Gasteiger partial charge in [-0.15, -0.1) is 11.8 Å². The maximum absolute atomic E-state index is 5.37. The van der Waals surface area contributed by atoms with Crippen LogP contribution in [0.5, 0.6) is 0 Å². The summed E-state index contributed by atoms with van der Waals surface area (Å²) in [5, 5.41) is 7.40. The number of hydrogen-bond donors (Lipinski definition) is 1. The van der Waals surface area contributed by atoms with E-state index >= 15 is 0 Å². The van der Waals surface area contributed by atoms with Crippen molar-refractivity contribution < 1.29 is 4.52 Å². The fourth-order valence-electron chi connectivity index (χ4n) is 2.25. The number of nitrogens with one attached hydrogen (secondary N) is 1. The van der Waals surface area contributed by atoms with Crippen molar-refractivity contribution in [1.82, 2.24) is 15.5 Å². The molecular weight excluding hydrogens is 258 g/mol.